The molecule has 3 fully saturated rings. The van der Waals surface area contributed by atoms with Crippen LogP contribution >= 0.6 is 0 Å². The first-order valence-electron chi connectivity index (χ1n) is 11.8. The number of likely N-dealkylation sites (N-methyl/N-ethyl adjacent to an activating group) is 1. The van der Waals surface area contributed by atoms with Gasteiger partial charge in [0.2, 0.25) is 0 Å². The Bertz CT molecular complexity index is 487. The molecule has 3 heteroatoms. The minimum absolute atomic E-state index is 0.0935. The van der Waals surface area contributed by atoms with Gasteiger partial charge in [0, 0.05) is 37.6 Å². The molecule has 0 amide bonds. The zero-order valence-electron chi connectivity index (χ0n) is 19.0. The fourth-order valence-corrected chi connectivity index (χ4v) is 6.97. The van der Waals surface area contributed by atoms with Crippen molar-refractivity contribution in [2.24, 2.45) is 28.6 Å². The molecule has 1 N–H and O–H groups in total. The van der Waals surface area contributed by atoms with Gasteiger partial charge >= 0.3 is 0 Å². The average molecular weight is 379 g/mol. The van der Waals surface area contributed by atoms with Gasteiger partial charge in [-0.2, -0.15) is 0 Å². The molecule has 0 unspecified atom stereocenters. The van der Waals surface area contributed by atoms with E-state index in [1.165, 1.54) is 44.9 Å². The SMILES string of the molecule is CC(C)CCC[C@@H](C)[C@H]1CC[C@@]2(C)[C@@H](O)[C@@H](N3CCN(C)CC3)CC[C@]12C. The van der Waals surface area contributed by atoms with Crippen LogP contribution in [0.5, 0.6) is 0 Å². The van der Waals surface area contributed by atoms with Crippen molar-refractivity contribution in [3.8, 4) is 0 Å². The number of rotatable bonds is 6. The maximum absolute atomic E-state index is 11.6. The molecule has 0 aromatic carbocycles. The van der Waals surface area contributed by atoms with E-state index in [9.17, 15) is 5.11 Å². The topological polar surface area (TPSA) is 26.7 Å². The van der Waals surface area contributed by atoms with Gasteiger partial charge in [0.1, 0.15) is 0 Å². The van der Waals surface area contributed by atoms with Gasteiger partial charge in [0.15, 0.2) is 0 Å². The van der Waals surface area contributed by atoms with E-state index in [1.807, 2.05) is 0 Å². The van der Waals surface area contributed by atoms with Crippen LogP contribution < -0.4 is 0 Å². The van der Waals surface area contributed by atoms with Gasteiger partial charge in [-0.15, -0.1) is 0 Å². The first kappa shape index (κ1) is 21.6. The molecule has 3 nitrogen and oxygen atoms in total. The molecule has 0 spiro atoms. The highest BCUT2D eigenvalue weighted by molar-refractivity contribution is 5.12. The zero-order valence-corrected chi connectivity index (χ0v) is 19.0. The van der Waals surface area contributed by atoms with Crippen molar-refractivity contribution in [2.45, 2.75) is 91.7 Å². The Hall–Kier alpha value is -0.120. The summed E-state index contributed by atoms with van der Waals surface area (Å²) >= 11 is 0. The zero-order chi connectivity index (χ0) is 19.8. The van der Waals surface area contributed by atoms with E-state index < -0.39 is 0 Å². The van der Waals surface area contributed by atoms with Crippen molar-refractivity contribution in [3.05, 3.63) is 0 Å². The van der Waals surface area contributed by atoms with Crippen LogP contribution in [-0.4, -0.2) is 60.3 Å². The van der Waals surface area contributed by atoms with Crippen molar-refractivity contribution < 1.29 is 5.11 Å². The van der Waals surface area contributed by atoms with Crippen molar-refractivity contribution >= 4 is 0 Å². The van der Waals surface area contributed by atoms with Gasteiger partial charge < -0.3 is 10.0 Å². The maximum Gasteiger partial charge on any atom is 0.0754 e. The molecule has 158 valence electrons. The molecule has 0 bridgehead atoms. The average Bonchev–Trinajstić information content (AvgIpc) is 2.89. The molecule has 0 aromatic rings. The summed E-state index contributed by atoms with van der Waals surface area (Å²) < 4.78 is 0. The second-order valence-electron chi connectivity index (χ2n) is 11.2. The van der Waals surface area contributed by atoms with E-state index in [0.717, 1.165) is 43.9 Å². The normalized spacial score (nSPS) is 42.4. The van der Waals surface area contributed by atoms with E-state index in [1.54, 1.807) is 0 Å². The van der Waals surface area contributed by atoms with Crippen LogP contribution in [0, 0.1) is 28.6 Å². The highest BCUT2D eigenvalue weighted by Crippen LogP contribution is 2.65. The van der Waals surface area contributed by atoms with Crippen LogP contribution in [0.25, 0.3) is 0 Å². The van der Waals surface area contributed by atoms with Crippen molar-refractivity contribution in [2.75, 3.05) is 33.2 Å². The van der Waals surface area contributed by atoms with Crippen molar-refractivity contribution in [1.82, 2.24) is 9.80 Å². The number of piperazine rings is 1. The number of aliphatic hydroxyl groups excluding tert-OH is 1. The van der Waals surface area contributed by atoms with Crippen molar-refractivity contribution in [3.63, 3.8) is 0 Å². The van der Waals surface area contributed by atoms with Gasteiger partial charge in [0.05, 0.1) is 6.10 Å². The molecule has 2 aliphatic carbocycles. The van der Waals surface area contributed by atoms with Crippen LogP contribution in [0.3, 0.4) is 0 Å². The Balaban J connectivity index is 1.67. The fourth-order valence-electron chi connectivity index (χ4n) is 6.97. The quantitative estimate of drug-likeness (QED) is 0.729. The van der Waals surface area contributed by atoms with E-state index in [2.05, 4.69) is 51.5 Å². The van der Waals surface area contributed by atoms with Crippen molar-refractivity contribution in [1.29, 1.82) is 0 Å². The first-order chi connectivity index (χ1) is 12.7. The maximum atomic E-state index is 11.6. The van der Waals surface area contributed by atoms with E-state index >= 15 is 0 Å². The second-order valence-corrected chi connectivity index (χ2v) is 11.2. The predicted octanol–water partition coefficient (Wildman–Crippen LogP) is 4.64. The fraction of sp³-hybridized carbons (Fsp3) is 1.00. The summed E-state index contributed by atoms with van der Waals surface area (Å²) in [6.45, 7) is 16.7. The molecule has 1 aliphatic heterocycles. The molecular formula is C24H46N2O. The molecule has 1 heterocycles. The van der Waals surface area contributed by atoms with Gasteiger partial charge in [-0.1, -0.05) is 53.9 Å². The predicted molar refractivity (Wildman–Crippen MR) is 115 cm³/mol. The molecular weight excluding hydrogens is 332 g/mol. The van der Waals surface area contributed by atoms with E-state index in [4.69, 9.17) is 0 Å². The highest BCUT2D eigenvalue weighted by atomic mass is 16.3. The van der Waals surface area contributed by atoms with Crippen LogP contribution in [0.15, 0.2) is 0 Å². The van der Waals surface area contributed by atoms with E-state index in [0.29, 0.717) is 11.5 Å². The summed E-state index contributed by atoms with van der Waals surface area (Å²) in [4.78, 5) is 5.02. The lowest BCUT2D eigenvalue weighted by Crippen LogP contribution is -2.62. The Kier molecular flexibility index (Phi) is 6.65. The first-order valence-corrected chi connectivity index (χ1v) is 11.8. The standard InChI is InChI=1S/C24H46N2O/c1-18(2)8-7-9-19(3)20-10-12-24(5)22(27)21(11-13-23(20,24)4)26-16-14-25(6)15-17-26/h18-22,27H,7-17H2,1-6H3/t19-,20-,21+,22+,23-,24+/m1/s1. The number of hydrogen-bond acceptors (Lipinski definition) is 3. The summed E-state index contributed by atoms with van der Waals surface area (Å²) in [7, 11) is 2.22. The minimum Gasteiger partial charge on any atom is -0.391 e. The molecule has 0 aromatic heterocycles. The van der Waals surface area contributed by atoms with Crippen LogP contribution in [0.2, 0.25) is 0 Å². The largest absolute Gasteiger partial charge is 0.391 e. The third-order valence-corrected chi connectivity index (χ3v) is 9.21. The lowest BCUT2D eigenvalue weighted by molar-refractivity contribution is -0.140. The number of nitrogens with zero attached hydrogens (tertiary/aromatic N) is 2. The molecule has 3 rings (SSSR count). The summed E-state index contributed by atoms with van der Waals surface area (Å²) in [5.74, 6) is 2.41. The van der Waals surface area contributed by atoms with Crippen LogP contribution in [0.1, 0.15) is 79.6 Å². The summed E-state index contributed by atoms with van der Waals surface area (Å²) in [5.41, 5.74) is 0.406. The third-order valence-electron chi connectivity index (χ3n) is 9.21. The molecule has 1 saturated heterocycles. The van der Waals surface area contributed by atoms with Gasteiger partial charge in [-0.3, -0.25) is 4.90 Å². The molecule has 27 heavy (non-hydrogen) atoms. The molecule has 6 atom stereocenters. The van der Waals surface area contributed by atoms with Gasteiger partial charge in [-0.25, -0.2) is 0 Å². The van der Waals surface area contributed by atoms with Crippen LogP contribution in [0.4, 0.5) is 0 Å². The summed E-state index contributed by atoms with van der Waals surface area (Å²) in [6, 6.07) is 0.381. The lowest BCUT2D eigenvalue weighted by Gasteiger charge is -2.57. The number of fused-ring (bicyclic) bond motifs is 1. The Labute approximate surface area is 168 Å². The van der Waals surface area contributed by atoms with E-state index in [-0.39, 0.29) is 11.5 Å². The van der Waals surface area contributed by atoms with Crippen LogP contribution in [-0.2, 0) is 0 Å². The molecule has 2 saturated carbocycles. The molecule has 3 aliphatic rings. The monoisotopic (exact) mass is 378 g/mol. The Morgan fingerprint density at radius 2 is 1.56 bits per heavy atom. The summed E-state index contributed by atoms with van der Waals surface area (Å²) in [6.07, 6.45) is 8.96. The number of hydrogen-bond donors (Lipinski definition) is 1. The lowest BCUT2D eigenvalue weighted by atomic mass is 9.53. The Morgan fingerprint density at radius 1 is 0.926 bits per heavy atom. The minimum atomic E-state index is -0.160. The number of aliphatic hydroxyl groups is 1. The third kappa shape index (κ3) is 3.98. The highest BCUT2D eigenvalue weighted by Gasteiger charge is 2.62. The smallest absolute Gasteiger partial charge is 0.0754 e. The summed E-state index contributed by atoms with van der Waals surface area (Å²) in [5, 5.41) is 11.6. The Morgan fingerprint density at radius 3 is 2.19 bits per heavy atom. The second kappa shape index (κ2) is 8.32. The van der Waals surface area contributed by atoms with Gasteiger partial charge in [-0.05, 0) is 55.9 Å². The van der Waals surface area contributed by atoms with Gasteiger partial charge in [0.25, 0.3) is 0 Å². The molecule has 0 radical (unpaired) electrons.